The SMILES string of the molecule is Cc1nc(S)c(C)o1. The Balaban J connectivity index is 3.14. The molecular formula is C5H7NOS. The van der Waals surface area contributed by atoms with E-state index in [-0.39, 0.29) is 0 Å². The van der Waals surface area contributed by atoms with Gasteiger partial charge in [0.05, 0.1) is 0 Å². The Hall–Kier alpha value is -0.440. The Bertz CT molecular complexity index is 175. The van der Waals surface area contributed by atoms with E-state index in [0.717, 1.165) is 5.76 Å². The molecule has 1 heterocycles. The van der Waals surface area contributed by atoms with E-state index in [4.69, 9.17) is 4.42 Å². The molecule has 0 fully saturated rings. The molecule has 3 heteroatoms. The summed E-state index contributed by atoms with van der Waals surface area (Å²) in [5.41, 5.74) is 0. The Morgan fingerprint density at radius 1 is 1.50 bits per heavy atom. The second kappa shape index (κ2) is 1.82. The predicted octanol–water partition coefficient (Wildman–Crippen LogP) is 1.58. The highest BCUT2D eigenvalue weighted by molar-refractivity contribution is 7.80. The van der Waals surface area contributed by atoms with Crippen molar-refractivity contribution in [2.24, 2.45) is 0 Å². The van der Waals surface area contributed by atoms with Gasteiger partial charge in [-0.05, 0) is 6.92 Å². The second-order valence-electron chi connectivity index (χ2n) is 1.61. The molecule has 0 unspecified atom stereocenters. The summed E-state index contributed by atoms with van der Waals surface area (Å²) in [5.74, 6) is 1.46. The van der Waals surface area contributed by atoms with Crippen LogP contribution in [0, 0.1) is 13.8 Å². The molecular weight excluding hydrogens is 122 g/mol. The van der Waals surface area contributed by atoms with Gasteiger partial charge in [-0.3, -0.25) is 0 Å². The van der Waals surface area contributed by atoms with Crippen LogP contribution in [0.15, 0.2) is 9.44 Å². The van der Waals surface area contributed by atoms with E-state index in [2.05, 4.69) is 17.6 Å². The monoisotopic (exact) mass is 129 g/mol. The first-order valence-electron chi connectivity index (χ1n) is 2.33. The average Bonchev–Trinajstić information content (AvgIpc) is 1.85. The minimum Gasteiger partial charge on any atom is -0.445 e. The molecule has 2 nitrogen and oxygen atoms in total. The van der Waals surface area contributed by atoms with Crippen molar-refractivity contribution in [2.45, 2.75) is 18.9 Å². The molecule has 0 radical (unpaired) electrons. The van der Waals surface area contributed by atoms with E-state index >= 15 is 0 Å². The van der Waals surface area contributed by atoms with Gasteiger partial charge in [0.2, 0.25) is 0 Å². The van der Waals surface area contributed by atoms with Gasteiger partial charge in [0.15, 0.2) is 5.89 Å². The topological polar surface area (TPSA) is 26.0 Å². The van der Waals surface area contributed by atoms with Crippen molar-refractivity contribution < 1.29 is 4.42 Å². The fourth-order valence-corrected chi connectivity index (χ4v) is 0.704. The highest BCUT2D eigenvalue weighted by Crippen LogP contribution is 2.11. The van der Waals surface area contributed by atoms with Gasteiger partial charge in [-0.15, -0.1) is 12.6 Å². The summed E-state index contributed by atoms with van der Waals surface area (Å²) in [6.45, 7) is 3.63. The maximum Gasteiger partial charge on any atom is 0.192 e. The molecule has 1 rings (SSSR count). The molecule has 0 aromatic carbocycles. The standard InChI is InChI=1S/C5H7NOS/c1-3-5(8)6-4(2)7-3/h8H,1-2H3. The number of oxazole rings is 1. The molecule has 0 amide bonds. The summed E-state index contributed by atoms with van der Waals surface area (Å²) in [7, 11) is 0. The van der Waals surface area contributed by atoms with Crippen LogP contribution in [-0.2, 0) is 0 Å². The van der Waals surface area contributed by atoms with Gasteiger partial charge in [-0.2, -0.15) is 0 Å². The van der Waals surface area contributed by atoms with Crippen LogP contribution in [0.25, 0.3) is 0 Å². The lowest BCUT2D eigenvalue weighted by atomic mass is 10.6. The van der Waals surface area contributed by atoms with Crippen LogP contribution < -0.4 is 0 Å². The molecule has 0 aliphatic rings. The molecule has 8 heavy (non-hydrogen) atoms. The Kier molecular flexibility index (Phi) is 1.29. The summed E-state index contributed by atoms with van der Waals surface area (Å²) in [5, 5.41) is 0.683. The van der Waals surface area contributed by atoms with E-state index in [1.807, 2.05) is 6.92 Å². The molecule has 0 atom stereocenters. The highest BCUT2D eigenvalue weighted by Gasteiger charge is 1.98. The number of rotatable bonds is 0. The van der Waals surface area contributed by atoms with Gasteiger partial charge in [-0.25, -0.2) is 4.98 Å². The third-order valence-electron chi connectivity index (χ3n) is 0.879. The molecule has 0 spiro atoms. The van der Waals surface area contributed by atoms with Crippen molar-refractivity contribution in [1.82, 2.24) is 4.98 Å². The average molecular weight is 129 g/mol. The first kappa shape index (κ1) is 5.69. The molecule has 0 N–H and O–H groups in total. The molecule has 0 bridgehead atoms. The molecule has 0 saturated carbocycles. The normalized spacial score (nSPS) is 9.88. The third-order valence-corrected chi connectivity index (χ3v) is 1.29. The Morgan fingerprint density at radius 3 is 2.25 bits per heavy atom. The zero-order valence-corrected chi connectivity index (χ0v) is 5.70. The summed E-state index contributed by atoms with van der Waals surface area (Å²) >= 11 is 4.01. The van der Waals surface area contributed by atoms with Crippen LogP contribution in [0.3, 0.4) is 0 Å². The summed E-state index contributed by atoms with van der Waals surface area (Å²) in [6, 6.07) is 0. The van der Waals surface area contributed by atoms with Crippen molar-refractivity contribution >= 4 is 12.6 Å². The minimum absolute atomic E-state index is 0.674. The van der Waals surface area contributed by atoms with E-state index in [1.54, 1.807) is 6.92 Å². The zero-order chi connectivity index (χ0) is 6.15. The fraction of sp³-hybridized carbons (Fsp3) is 0.400. The van der Waals surface area contributed by atoms with Crippen molar-refractivity contribution in [3.63, 3.8) is 0 Å². The van der Waals surface area contributed by atoms with Gasteiger partial charge in [-0.1, -0.05) is 0 Å². The van der Waals surface area contributed by atoms with E-state index in [9.17, 15) is 0 Å². The third kappa shape index (κ3) is 0.865. The predicted molar refractivity (Wildman–Crippen MR) is 33.2 cm³/mol. The van der Waals surface area contributed by atoms with Crippen molar-refractivity contribution in [3.8, 4) is 0 Å². The van der Waals surface area contributed by atoms with Crippen LogP contribution in [0.4, 0.5) is 0 Å². The van der Waals surface area contributed by atoms with Gasteiger partial charge < -0.3 is 4.42 Å². The molecule has 44 valence electrons. The van der Waals surface area contributed by atoms with E-state index in [0.29, 0.717) is 10.9 Å². The molecule has 0 aliphatic carbocycles. The maximum absolute atomic E-state index is 5.03. The molecule has 1 aromatic rings. The number of aryl methyl sites for hydroxylation is 2. The number of thiol groups is 1. The summed E-state index contributed by atoms with van der Waals surface area (Å²) in [4.78, 5) is 3.91. The van der Waals surface area contributed by atoms with Crippen LogP contribution in [0.5, 0.6) is 0 Å². The van der Waals surface area contributed by atoms with Gasteiger partial charge in [0.1, 0.15) is 10.8 Å². The van der Waals surface area contributed by atoms with E-state index < -0.39 is 0 Å². The van der Waals surface area contributed by atoms with Gasteiger partial charge in [0, 0.05) is 6.92 Å². The summed E-state index contributed by atoms with van der Waals surface area (Å²) in [6.07, 6.45) is 0. The van der Waals surface area contributed by atoms with Gasteiger partial charge >= 0.3 is 0 Å². The number of aromatic nitrogens is 1. The lowest BCUT2D eigenvalue weighted by molar-refractivity contribution is 0.491. The fourth-order valence-electron chi connectivity index (χ4n) is 0.518. The zero-order valence-electron chi connectivity index (χ0n) is 4.80. The first-order chi connectivity index (χ1) is 3.70. The Morgan fingerprint density at radius 2 is 2.12 bits per heavy atom. The lowest BCUT2D eigenvalue weighted by Gasteiger charge is -1.76. The number of hydrogen-bond acceptors (Lipinski definition) is 3. The largest absolute Gasteiger partial charge is 0.445 e. The molecule has 0 saturated heterocycles. The molecule has 1 aromatic heterocycles. The maximum atomic E-state index is 5.03. The molecule has 0 aliphatic heterocycles. The lowest BCUT2D eigenvalue weighted by Crippen LogP contribution is -1.65. The van der Waals surface area contributed by atoms with Crippen LogP contribution in [-0.4, -0.2) is 4.98 Å². The number of nitrogens with zero attached hydrogens (tertiary/aromatic N) is 1. The highest BCUT2D eigenvalue weighted by atomic mass is 32.1. The smallest absolute Gasteiger partial charge is 0.192 e. The quantitative estimate of drug-likeness (QED) is 0.538. The van der Waals surface area contributed by atoms with Crippen molar-refractivity contribution in [1.29, 1.82) is 0 Å². The minimum atomic E-state index is 0.674. The Labute approximate surface area is 53.3 Å². The number of hydrogen-bond donors (Lipinski definition) is 1. The first-order valence-corrected chi connectivity index (χ1v) is 2.78. The van der Waals surface area contributed by atoms with E-state index in [1.165, 1.54) is 0 Å². The van der Waals surface area contributed by atoms with Crippen LogP contribution >= 0.6 is 12.6 Å². The second-order valence-corrected chi connectivity index (χ2v) is 2.04. The summed E-state index contributed by atoms with van der Waals surface area (Å²) < 4.78 is 5.03. The van der Waals surface area contributed by atoms with Crippen LogP contribution in [0.2, 0.25) is 0 Å². The van der Waals surface area contributed by atoms with Gasteiger partial charge in [0.25, 0.3) is 0 Å². The van der Waals surface area contributed by atoms with Crippen molar-refractivity contribution in [3.05, 3.63) is 11.7 Å². The van der Waals surface area contributed by atoms with Crippen LogP contribution in [0.1, 0.15) is 11.7 Å². The van der Waals surface area contributed by atoms with Crippen molar-refractivity contribution in [2.75, 3.05) is 0 Å².